The van der Waals surface area contributed by atoms with Crippen LogP contribution in [0.5, 0.6) is 5.75 Å². The summed E-state index contributed by atoms with van der Waals surface area (Å²) in [5.74, 6) is -0.166. The Kier molecular flexibility index (Phi) is 5.37. The summed E-state index contributed by atoms with van der Waals surface area (Å²) in [6.07, 6.45) is 0. The predicted octanol–water partition coefficient (Wildman–Crippen LogP) is 2.70. The number of rotatable bonds is 5. The van der Waals surface area contributed by atoms with Crippen LogP contribution in [0.25, 0.3) is 0 Å². The summed E-state index contributed by atoms with van der Waals surface area (Å²) >= 11 is 1.57. The molecule has 0 aliphatic carbocycles. The zero-order chi connectivity index (χ0) is 16.9. The van der Waals surface area contributed by atoms with Crippen LogP contribution in [0.1, 0.15) is 16.1 Å². The van der Waals surface area contributed by atoms with E-state index in [0.717, 1.165) is 25.3 Å². The summed E-state index contributed by atoms with van der Waals surface area (Å²) in [4.78, 5) is 20.8. The number of carbonyl (C=O) groups is 1. The quantitative estimate of drug-likeness (QED) is 0.829. The average molecular weight is 353 g/mol. The minimum atomic E-state index is -2.90. The minimum absolute atomic E-state index is 0.00184. The van der Waals surface area contributed by atoms with Gasteiger partial charge >= 0.3 is 6.61 Å². The molecule has 1 amide bonds. The van der Waals surface area contributed by atoms with Crippen molar-refractivity contribution < 1.29 is 18.3 Å². The van der Waals surface area contributed by atoms with Crippen molar-refractivity contribution in [3.05, 3.63) is 46.4 Å². The maximum absolute atomic E-state index is 12.5. The standard InChI is InChI=1S/C16H17F2N3O2S/c17-16(18)23-14-3-1-2-12(8-14)15(22)21-6-4-20(5-7-21)9-13-10-24-11-19-13/h1-3,8,10-11,16H,4-7,9H2. The zero-order valence-corrected chi connectivity index (χ0v) is 13.7. The van der Waals surface area contributed by atoms with E-state index in [9.17, 15) is 13.6 Å². The molecular formula is C16H17F2N3O2S. The van der Waals surface area contributed by atoms with Crippen molar-refractivity contribution in [2.24, 2.45) is 0 Å². The van der Waals surface area contributed by atoms with E-state index in [1.165, 1.54) is 12.1 Å². The molecule has 5 nitrogen and oxygen atoms in total. The number of thiazole rings is 1. The normalized spacial score (nSPS) is 15.7. The Labute approximate surface area is 142 Å². The smallest absolute Gasteiger partial charge is 0.387 e. The molecule has 24 heavy (non-hydrogen) atoms. The van der Waals surface area contributed by atoms with Crippen molar-refractivity contribution >= 4 is 17.2 Å². The van der Waals surface area contributed by atoms with Gasteiger partial charge in [0.1, 0.15) is 5.75 Å². The highest BCUT2D eigenvalue weighted by molar-refractivity contribution is 7.07. The predicted molar refractivity (Wildman–Crippen MR) is 86.4 cm³/mol. The molecule has 0 atom stereocenters. The van der Waals surface area contributed by atoms with Gasteiger partial charge in [-0.05, 0) is 18.2 Å². The molecular weight excluding hydrogens is 336 g/mol. The summed E-state index contributed by atoms with van der Waals surface area (Å²) in [6, 6.07) is 5.93. The second-order valence-corrected chi connectivity index (χ2v) is 6.17. The first-order chi connectivity index (χ1) is 11.6. The van der Waals surface area contributed by atoms with Crippen molar-refractivity contribution in [3.63, 3.8) is 0 Å². The van der Waals surface area contributed by atoms with Gasteiger partial charge in [-0.25, -0.2) is 4.98 Å². The van der Waals surface area contributed by atoms with Crippen molar-refractivity contribution in [1.29, 1.82) is 0 Å². The fourth-order valence-corrected chi connectivity index (χ4v) is 3.19. The van der Waals surface area contributed by atoms with Crippen LogP contribution in [0, 0.1) is 0 Å². The van der Waals surface area contributed by atoms with Crippen molar-refractivity contribution in [1.82, 2.24) is 14.8 Å². The lowest BCUT2D eigenvalue weighted by molar-refractivity contribution is -0.0499. The van der Waals surface area contributed by atoms with Crippen LogP contribution in [0.3, 0.4) is 0 Å². The van der Waals surface area contributed by atoms with Gasteiger partial charge in [-0.3, -0.25) is 9.69 Å². The highest BCUT2D eigenvalue weighted by Crippen LogP contribution is 2.18. The van der Waals surface area contributed by atoms with Gasteiger partial charge in [0, 0.05) is 43.7 Å². The van der Waals surface area contributed by atoms with E-state index in [1.807, 2.05) is 10.9 Å². The monoisotopic (exact) mass is 353 g/mol. The van der Waals surface area contributed by atoms with Crippen LogP contribution < -0.4 is 4.74 Å². The molecule has 8 heteroatoms. The van der Waals surface area contributed by atoms with Gasteiger partial charge in [0.25, 0.3) is 5.91 Å². The Hall–Kier alpha value is -2.06. The molecule has 1 saturated heterocycles. The molecule has 0 saturated carbocycles. The first-order valence-electron chi connectivity index (χ1n) is 7.55. The number of hydrogen-bond acceptors (Lipinski definition) is 5. The van der Waals surface area contributed by atoms with Crippen LogP contribution in [-0.4, -0.2) is 53.5 Å². The summed E-state index contributed by atoms with van der Waals surface area (Å²) in [5, 5.41) is 2.02. The lowest BCUT2D eigenvalue weighted by atomic mass is 10.1. The van der Waals surface area contributed by atoms with Gasteiger partial charge in [0.2, 0.25) is 0 Å². The molecule has 0 radical (unpaired) electrons. The number of alkyl halides is 2. The SMILES string of the molecule is O=C(c1cccc(OC(F)F)c1)N1CCN(Cc2cscn2)CC1. The third-order valence-electron chi connectivity index (χ3n) is 3.83. The molecule has 1 fully saturated rings. The Morgan fingerprint density at radius 1 is 1.29 bits per heavy atom. The molecule has 1 aliphatic heterocycles. The molecule has 1 aliphatic rings. The van der Waals surface area contributed by atoms with Crippen molar-refractivity contribution in [3.8, 4) is 5.75 Å². The number of aromatic nitrogens is 1. The molecule has 0 N–H and O–H groups in total. The Morgan fingerprint density at radius 2 is 2.08 bits per heavy atom. The minimum Gasteiger partial charge on any atom is -0.435 e. The van der Waals surface area contributed by atoms with Crippen LogP contribution >= 0.6 is 11.3 Å². The van der Waals surface area contributed by atoms with E-state index in [1.54, 1.807) is 28.4 Å². The average Bonchev–Trinajstić information content (AvgIpc) is 3.07. The topological polar surface area (TPSA) is 45.7 Å². The van der Waals surface area contributed by atoms with E-state index >= 15 is 0 Å². The molecule has 0 spiro atoms. The van der Waals surface area contributed by atoms with Crippen LogP contribution in [0.15, 0.2) is 35.2 Å². The third-order valence-corrected chi connectivity index (χ3v) is 4.47. The van der Waals surface area contributed by atoms with Crippen molar-refractivity contribution in [2.45, 2.75) is 13.2 Å². The van der Waals surface area contributed by atoms with Crippen LogP contribution in [0.2, 0.25) is 0 Å². The van der Waals surface area contributed by atoms with E-state index in [4.69, 9.17) is 0 Å². The lowest BCUT2D eigenvalue weighted by Gasteiger charge is -2.34. The molecule has 2 aromatic rings. The number of benzene rings is 1. The molecule has 3 rings (SSSR count). The van der Waals surface area contributed by atoms with Gasteiger partial charge in [0.15, 0.2) is 0 Å². The maximum atomic E-state index is 12.5. The highest BCUT2D eigenvalue weighted by atomic mass is 32.1. The second-order valence-electron chi connectivity index (χ2n) is 5.45. The second kappa shape index (κ2) is 7.67. The largest absolute Gasteiger partial charge is 0.435 e. The molecule has 0 unspecified atom stereocenters. The Bertz CT molecular complexity index is 674. The lowest BCUT2D eigenvalue weighted by Crippen LogP contribution is -2.48. The first kappa shape index (κ1) is 16.8. The van der Waals surface area contributed by atoms with Crippen molar-refractivity contribution in [2.75, 3.05) is 26.2 Å². The molecule has 128 valence electrons. The van der Waals surface area contributed by atoms with Gasteiger partial charge in [-0.2, -0.15) is 8.78 Å². The zero-order valence-electron chi connectivity index (χ0n) is 12.9. The third kappa shape index (κ3) is 4.27. The number of carbonyl (C=O) groups excluding carboxylic acids is 1. The van der Waals surface area contributed by atoms with Gasteiger partial charge in [-0.15, -0.1) is 11.3 Å². The van der Waals surface area contributed by atoms with Crippen LogP contribution in [-0.2, 0) is 6.54 Å². The number of amides is 1. The number of hydrogen-bond donors (Lipinski definition) is 0. The number of piperazine rings is 1. The molecule has 1 aromatic carbocycles. The fraction of sp³-hybridized carbons (Fsp3) is 0.375. The van der Waals surface area contributed by atoms with E-state index in [2.05, 4.69) is 14.6 Å². The Morgan fingerprint density at radius 3 is 2.75 bits per heavy atom. The Balaban J connectivity index is 1.57. The van der Waals surface area contributed by atoms with Gasteiger partial charge < -0.3 is 9.64 Å². The van der Waals surface area contributed by atoms with Gasteiger partial charge in [-0.1, -0.05) is 6.07 Å². The van der Waals surface area contributed by atoms with Crippen LogP contribution in [0.4, 0.5) is 8.78 Å². The van der Waals surface area contributed by atoms with E-state index in [0.29, 0.717) is 18.7 Å². The van der Waals surface area contributed by atoms with E-state index in [-0.39, 0.29) is 11.7 Å². The molecule has 2 heterocycles. The summed E-state index contributed by atoms with van der Waals surface area (Å²) in [5.41, 5.74) is 3.21. The van der Waals surface area contributed by atoms with E-state index < -0.39 is 6.61 Å². The number of halogens is 2. The highest BCUT2D eigenvalue weighted by Gasteiger charge is 2.23. The molecule has 0 bridgehead atoms. The summed E-state index contributed by atoms with van der Waals surface area (Å²) in [7, 11) is 0. The fourth-order valence-electron chi connectivity index (χ4n) is 2.64. The molecule has 1 aromatic heterocycles. The summed E-state index contributed by atoms with van der Waals surface area (Å²) < 4.78 is 28.9. The number of ether oxygens (including phenoxy) is 1. The van der Waals surface area contributed by atoms with Gasteiger partial charge in [0.05, 0.1) is 11.2 Å². The summed E-state index contributed by atoms with van der Waals surface area (Å²) in [6.45, 7) is 0.604. The first-order valence-corrected chi connectivity index (χ1v) is 8.49. The maximum Gasteiger partial charge on any atom is 0.387 e. The number of nitrogens with zero attached hydrogens (tertiary/aromatic N) is 3.